The topological polar surface area (TPSA) is 137 Å². The van der Waals surface area contributed by atoms with Crippen molar-refractivity contribution in [2.45, 2.75) is 37.4 Å². The summed E-state index contributed by atoms with van der Waals surface area (Å²) in [6.45, 7) is 2.26. The van der Waals surface area contributed by atoms with E-state index in [1.54, 1.807) is 37.3 Å². The molecule has 1 saturated heterocycles. The number of carbonyl (C=O) groups is 1. The molecule has 2 unspecified atom stereocenters. The molecule has 2 aromatic rings. The van der Waals surface area contributed by atoms with Gasteiger partial charge in [-0.3, -0.25) is 23.7 Å². The molecule has 3 rings (SSSR count). The molecule has 2 N–H and O–H groups in total. The van der Waals surface area contributed by atoms with E-state index in [1.165, 1.54) is 6.92 Å². The number of hydrogen-bond donors (Lipinski definition) is 2. The smallest absolute Gasteiger partial charge is 0.379 e. The Balaban J connectivity index is 1.80. The zero-order valence-electron chi connectivity index (χ0n) is 17.7. The second-order valence-electron chi connectivity index (χ2n) is 7.67. The number of hydrogen-bond acceptors (Lipinski definition) is 8. The molecule has 1 aromatic carbocycles. The molecule has 0 spiro atoms. The Bertz CT molecular complexity index is 1150. The molecule has 180 valence electrons. The van der Waals surface area contributed by atoms with Gasteiger partial charge in [0.05, 0.1) is 12.8 Å². The summed E-state index contributed by atoms with van der Waals surface area (Å²) >= 11 is 5.84. The van der Waals surface area contributed by atoms with E-state index < -0.39 is 54.9 Å². The molecule has 1 fully saturated rings. The van der Waals surface area contributed by atoms with Crippen molar-refractivity contribution in [3.63, 3.8) is 0 Å². The van der Waals surface area contributed by atoms with Crippen molar-refractivity contribution in [1.29, 1.82) is 0 Å². The maximum absolute atomic E-state index is 15.1. The number of ketones is 1. The maximum Gasteiger partial charge on any atom is 0.379 e. The number of aromatic amines is 1. The van der Waals surface area contributed by atoms with Crippen molar-refractivity contribution in [2.75, 3.05) is 12.8 Å². The first-order chi connectivity index (χ1) is 15.4. The third kappa shape index (κ3) is 5.80. The van der Waals surface area contributed by atoms with Gasteiger partial charge in [0.2, 0.25) is 0 Å². The first kappa shape index (κ1) is 25.3. The van der Waals surface area contributed by atoms with Gasteiger partial charge in [-0.1, -0.05) is 36.7 Å². The molecule has 0 saturated carbocycles. The van der Waals surface area contributed by atoms with Crippen LogP contribution in [0.1, 0.15) is 20.1 Å². The van der Waals surface area contributed by atoms with Crippen LogP contribution in [0, 0.1) is 5.92 Å². The summed E-state index contributed by atoms with van der Waals surface area (Å²) < 4.78 is 45.6. The Kier molecular flexibility index (Phi) is 7.60. The zero-order valence-corrected chi connectivity index (χ0v) is 19.4. The Morgan fingerprint density at radius 3 is 2.64 bits per heavy atom. The first-order valence-electron chi connectivity index (χ1n) is 9.94. The van der Waals surface area contributed by atoms with Crippen LogP contribution in [-0.2, 0) is 18.6 Å². The van der Waals surface area contributed by atoms with Crippen molar-refractivity contribution in [2.24, 2.45) is 5.92 Å². The predicted molar refractivity (Wildman–Crippen MR) is 116 cm³/mol. The van der Waals surface area contributed by atoms with Crippen LogP contribution in [0.3, 0.4) is 0 Å². The van der Waals surface area contributed by atoms with Crippen LogP contribution in [-0.4, -0.2) is 50.5 Å². The van der Waals surface area contributed by atoms with Crippen LogP contribution in [0.2, 0.25) is 0 Å². The molecule has 33 heavy (non-hydrogen) atoms. The number of aliphatic hydroxyl groups excluding tert-OH is 1. The molecule has 2 heterocycles. The highest BCUT2D eigenvalue weighted by Gasteiger charge is 2.58. The number of H-pyrrole nitrogens is 1. The Hall–Kier alpha value is -2.30. The standard InChI is InChI=1S/C20H23ClFN2O8P/c1-12(13(2)25)11-33(29,32-14-6-4-3-5-7-14)30-10-15-17(27)20(21,22)18(31-15)24-9-8-16(26)23-19(24)28/h3-9,12,15,17-18,27H,10-11H2,1-2H3,(H,23,26,28)/t12-,15-,17?,18-,20-,33?/m1/s1. The largest absolute Gasteiger partial charge is 0.424 e. The molecule has 1 aliphatic heterocycles. The van der Waals surface area contributed by atoms with Gasteiger partial charge in [-0.15, -0.1) is 0 Å². The minimum Gasteiger partial charge on any atom is -0.424 e. The lowest BCUT2D eigenvalue weighted by atomic mass is 10.1. The SMILES string of the molecule is CC(=O)[C@H](C)CP(=O)(OC[C@H]1O[C@@H](n2ccc(=O)[nH]c2=O)[C@@](F)(Cl)C1O)Oc1ccccc1. The lowest BCUT2D eigenvalue weighted by molar-refractivity contribution is -0.119. The number of rotatable bonds is 9. The Morgan fingerprint density at radius 1 is 1.36 bits per heavy atom. The summed E-state index contributed by atoms with van der Waals surface area (Å²) in [4.78, 5) is 36.9. The fourth-order valence-electron chi connectivity index (χ4n) is 3.13. The molecular formula is C20H23ClFN2O8P. The van der Waals surface area contributed by atoms with Gasteiger partial charge >= 0.3 is 13.3 Å². The van der Waals surface area contributed by atoms with E-state index in [4.69, 9.17) is 25.4 Å². The van der Waals surface area contributed by atoms with Gasteiger partial charge in [0.25, 0.3) is 10.7 Å². The van der Waals surface area contributed by atoms with Crippen molar-refractivity contribution in [3.05, 3.63) is 63.4 Å². The van der Waals surface area contributed by atoms with Gasteiger partial charge in [-0.05, 0) is 19.1 Å². The molecule has 0 radical (unpaired) electrons. The quantitative estimate of drug-likeness (QED) is 0.392. The number of carbonyl (C=O) groups excluding carboxylic acids is 1. The summed E-state index contributed by atoms with van der Waals surface area (Å²) in [7, 11) is -3.97. The highest BCUT2D eigenvalue weighted by Crippen LogP contribution is 2.51. The minimum atomic E-state index is -3.97. The van der Waals surface area contributed by atoms with E-state index in [0.29, 0.717) is 4.57 Å². The van der Waals surface area contributed by atoms with Crippen LogP contribution in [0.15, 0.2) is 52.2 Å². The number of benzene rings is 1. The third-order valence-electron chi connectivity index (χ3n) is 5.10. The molecule has 13 heteroatoms. The van der Waals surface area contributed by atoms with Crippen LogP contribution >= 0.6 is 19.2 Å². The van der Waals surface area contributed by atoms with Crippen molar-refractivity contribution >= 4 is 25.0 Å². The minimum absolute atomic E-state index is 0.222. The van der Waals surface area contributed by atoms with E-state index in [1.807, 2.05) is 4.98 Å². The average molecular weight is 505 g/mol. The van der Waals surface area contributed by atoms with E-state index in [2.05, 4.69) is 0 Å². The summed E-state index contributed by atoms with van der Waals surface area (Å²) in [5.41, 5.74) is -1.72. The van der Waals surface area contributed by atoms with E-state index in [0.717, 1.165) is 12.3 Å². The lowest BCUT2D eigenvalue weighted by Crippen LogP contribution is -2.42. The Morgan fingerprint density at radius 2 is 2.03 bits per heavy atom. The molecule has 10 nitrogen and oxygen atoms in total. The lowest BCUT2D eigenvalue weighted by Gasteiger charge is -2.24. The van der Waals surface area contributed by atoms with Crippen molar-refractivity contribution in [1.82, 2.24) is 9.55 Å². The van der Waals surface area contributed by atoms with Crippen LogP contribution in [0.25, 0.3) is 0 Å². The van der Waals surface area contributed by atoms with E-state index in [-0.39, 0.29) is 17.7 Å². The zero-order chi connectivity index (χ0) is 24.4. The molecule has 1 aromatic heterocycles. The van der Waals surface area contributed by atoms with Gasteiger partial charge in [-0.2, -0.15) is 0 Å². The maximum atomic E-state index is 15.1. The Labute approximate surface area is 192 Å². The fourth-order valence-corrected chi connectivity index (χ4v) is 5.40. The molecule has 0 aliphatic carbocycles. The number of nitrogens with one attached hydrogen (secondary N) is 1. The highest BCUT2D eigenvalue weighted by atomic mass is 35.5. The van der Waals surface area contributed by atoms with Gasteiger partial charge in [-0.25, -0.2) is 13.8 Å². The fraction of sp³-hybridized carbons (Fsp3) is 0.450. The summed E-state index contributed by atoms with van der Waals surface area (Å²) in [5, 5.41) is 7.40. The van der Waals surface area contributed by atoms with Crippen molar-refractivity contribution in [3.8, 4) is 5.75 Å². The van der Waals surface area contributed by atoms with Crippen LogP contribution in [0.4, 0.5) is 4.39 Å². The van der Waals surface area contributed by atoms with Crippen LogP contribution in [0.5, 0.6) is 5.75 Å². The monoisotopic (exact) mass is 504 g/mol. The molecule has 6 atom stereocenters. The van der Waals surface area contributed by atoms with Gasteiger partial charge in [0, 0.05) is 18.2 Å². The number of halogens is 2. The number of para-hydroxylation sites is 1. The predicted octanol–water partition coefficient (Wildman–Crippen LogP) is 2.21. The van der Waals surface area contributed by atoms with Crippen LogP contribution < -0.4 is 15.8 Å². The second kappa shape index (κ2) is 9.90. The third-order valence-corrected chi connectivity index (χ3v) is 7.53. The molecule has 0 bridgehead atoms. The summed E-state index contributed by atoms with van der Waals surface area (Å²) in [6, 6.07) is 9.06. The molecular weight excluding hydrogens is 482 g/mol. The number of Topliss-reactive ketones (excluding diaryl/α,β-unsaturated/α-hetero) is 1. The number of aromatic nitrogens is 2. The highest BCUT2D eigenvalue weighted by molar-refractivity contribution is 7.54. The molecule has 1 aliphatic rings. The average Bonchev–Trinajstić information content (AvgIpc) is 2.96. The summed E-state index contributed by atoms with van der Waals surface area (Å²) in [6.07, 6.45) is -4.55. The van der Waals surface area contributed by atoms with E-state index >= 15 is 4.39 Å². The van der Waals surface area contributed by atoms with Gasteiger partial charge in [0.1, 0.15) is 23.7 Å². The number of nitrogens with zero attached hydrogens (tertiary/aromatic N) is 1. The number of aliphatic hydroxyl groups is 1. The van der Waals surface area contributed by atoms with Crippen molar-refractivity contribution < 1.29 is 32.6 Å². The van der Waals surface area contributed by atoms with E-state index in [9.17, 15) is 24.1 Å². The number of ether oxygens (including phenoxy) is 1. The second-order valence-corrected chi connectivity index (χ2v) is 10.3. The molecule has 0 amide bonds. The normalized spacial score (nSPS) is 27.6. The summed E-state index contributed by atoms with van der Waals surface area (Å²) in [5.74, 6) is -0.692. The first-order valence-corrected chi connectivity index (χ1v) is 12.0. The van der Waals surface area contributed by atoms with Gasteiger partial charge in [0.15, 0.2) is 6.23 Å². The van der Waals surface area contributed by atoms with Gasteiger partial charge < -0.3 is 14.4 Å². The number of alkyl halides is 2.